The fourth-order valence-electron chi connectivity index (χ4n) is 3.20. The van der Waals surface area contributed by atoms with E-state index >= 15 is 0 Å². The molecule has 0 amide bonds. The molecule has 2 aliphatic carbocycles. The molecule has 0 saturated heterocycles. The van der Waals surface area contributed by atoms with Crippen LogP contribution in [0.5, 0.6) is 17.2 Å². The van der Waals surface area contributed by atoms with E-state index in [1.165, 1.54) is 32.4 Å². The number of hydrogen-bond donors (Lipinski definition) is 1. The van der Waals surface area contributed by atoms with Crippen molar-refractivity contribution in [3.8, 4) is 17.2 Å². The van der Waals surface area contributed by atoms with Gasteiger partial charge in [0, 0.05) is 6.07 Å². The minimum absolute atomic E-state index is 0.0297. The van der Waals surface area contributed by atoms with Crippen LogP contribution in [-0.2, 0) is 11.2 Å². The first kappa shape index (κ1) is 22.9. The van der Waals surface area contributed by atoms with Gasteiger partial charge in [-0.15, -0.1) is 0 Å². The van der Waals surface area contributed by atoms with E-state index in [1.54, 1.807) is 19.1 Å². The van der Waals surface area contributed by atoms with Crippen LogP contribution in [0, 0.1) is 17.7 Å². The molecule has 31 heavy (non-hydrogen) atoms. The van der Waals surface area contributed by atoms with Gasteiger partial charge in [0.25, 0.3) is 0 Å². The highest BCUT2D eigenvalue weighted by molar-refractivity contribution is 5.69. The molecule has 0 heterocycles. The Labute approximate surface area is 183 Å². The fraction of sp³-hybridized carbons (Fsp3) is 0.480. The Balaban J connectivity index is 0.000000834. The highest BCUT2D eigenvalue weighted by atomic mass is 19.1. The van der Waals surface area contributed by atoms with Crippen LogP contribution in [0.1, 0.15) is 44.6 Å². The number of rotatable bonds is 9. The molecule has 0 radical (unpaired) electrons. The molecule has 1 N–H and O–H groups in total. The summed E-state index contributed by atoms with van der Waals surface area (Å²) in [5.41, 5.74) is 0.940. The molecule has 0 spiro atoms. The number of ether oxygens (including phenoxy) is 3. The Bertz CT molecular complexity index is 858. The third-order valence-electron chi connectivity index (χ3n) is 5.33. The van der Waals surface area contributed by atoms with E-state index in [2.05, 4.69) is 0 Å². The minimum Gasteiger partial charge on any atom is -0.497 e. The topological polar surface area (TPSA) is 65.0 Å². The maximum absolute atomic E-state index is 13.8. The number of halogens is 1. The summed E-state index contributed by atoms with van der Waals surface area (Å²) in [6, 6.07) is 12.0. The smallest absolute Gasteiger partial charge is 0.306 e. The largest absolute Gasteiger partial charge is 0.497 e. The molecule has 168 valence electrons. The molecular formula is C25H31FO5. The van der Waals surface area contributed by atoms with Crippen LogP contribution in [0.4, 0.5) is 4.39 Å². The highest BCUT2D eigenvalue weighted by Crippen LogP contribution is 2.34. The second kappa shape index (κ2) is 11.0. The van der Waals surface area contributed by atoms with Crippen LogP contribution in [0.2, 0.25) is 0 Å². The van der Waals surface area contributed by atoms with Crippen molar-refractivity contribution >= 4 is 5.97 Å². The van der Waals surface area contributed by atoms with Gasteiger partial charge >= 0.3 is 5.97 Å². The van der Waals surface area contributed by atoms with E-state index in [-0.39, 0.29) is 11.9 Å². The first-order valence-electron chi connectivity index (χ1n) is 10.9. The third-order valence-corrected chi connectivity index (χ3v) is 5.33. The molecule has 0 aliphatic heterocycles. The minimum atomic E-state index is -0.806. The number of aliphatic carboxylic acids is 1. The average Bonchev–Trinajstić information content (AvgIpc) is 3.60. The van der Waals surface area contributed by atoms with E-state index in [0.29, 0.717) is 24.7 Å². The lowest BCUT2D eigenvalue weighted by atomic mass is 9.83. The Morgan fingerprint density at radius 3 is 2.52 bits per heavy atom. The third kappa shape index (κ3) is 7.46. The molecule has 4 rings (SSSR count). The SMILES string of the molecule is C1CC1.COc1ccc(F)c(OC2CC(COc3cccc(CC(C)C(=O)O)c3)C2)c1. The lowest BCUT2D eigenvalue weighted by Gasteiger charge is -2.35. The Kier molecular flexibility index (Phi) is 8.15. The maximum Gasteiger partial charge on any atom is 0.306 e. The number of carboxylic acids is 1. The summed E-state index contributed by atoms with van der Waals surface area (Å²) < 4.78 is 30.5. The molecule has 2 aromatic carbocycles. The van der Waals surface area contributed by atoms with Gasteiger partial charge in [0.2, 0.25) is 0 Å². The van der Waals surface area contributed by atoms with Crippen molar-refractivity contribution in [3.63, 3.8) is 0 Å². The van der Waals surface area contributed by atoms with Crippen LogP contribution in [0.3, 0.4) is 0 Å². The molecule has 2 saturated carbocycles. The second-order valence-electron chi connectivity index (χ2n) is 8.34. The van der Waals surface area contributed by atoms with E-state index < -0.39 is 17.7 Å². The van der Waals surface area contributed by atoms with E-state index in [4.69, 9.17) is 19.3 Å². The zero-order valence-electron chi connectivity index (χ0n) is 18.2. The van der Waals surface area contributed by atoms with Crippen molar-refractivity contribution in [1.82, 2.24) is 0 Å². The summed E-state index contributed by atoms with van der Waals surface area (Å²) >= 11 is 0. The molecule has 0 aromatic heterocycles. The van der Waals surface area contributed by atoms with Gasteiger partial charge in [-0.05, 0) is 55.0 Å². The van der Waals surface area contributed by atoms with Crippen molar-refractivity contribution in [2.75, 3.05) is 13.7 Å². The lowest BCUT2D eigenvalue weighted by molar-refractivity contribution is -0.141. The number of benzene rings is 2. The first-order valence-corrected chi connectivity index (χ1v) is 10.9. The van der Waals surface area contributed by atoms with Crippen LogP contribution in [-0.4, -0.2) is 30.9 Å². The zero-order valence-corrected chi connectivity index (χ0v) is 18.2. The van der Waals surface area contributed by atoms with Gasteiger partial charge in [0.15, 0.2) is 11.6 Å². The molecule has 1 unspecified atom stereocenters. The maximum atomic E-state index is 13.8. The normalized spacial score (nSPS) is 19.8. The Morgan fingerprint density at radius 1 is 1.13 bits per heavy atom. The number of carbonyl (C=O) groups is 1. The monoisotopic (exact) mass is 430 g/mol. The molecular weight excluding hydrogens is 399 g/mol. The van der Waals surface area contributed by atoms with Gasteiger partial charge in [-0.1, -0.05) is 38.3 Å². The molecule has 2 fully saturated rings. The first-order chi connectivity index (χ1) is 14.9. The van der Waals surface area contributed by atoms with Crippen LogP contribution < -0.4 is 14.2 Å². The summed E-state index contributed by atoms with van der Waals surface area (Å²) in [6.07, 6.45) is 6.54. The Hall–Kier alpha value is -2.76. The van der Waals surface area contributed by atoms with Crippen molar-refractivity contribution in [2.45, 2.75) is 51.6 Å². The van der Waals surface area contributed by atoms with Gasteiger partial charge in [-0.2, -0.15) is 0 Å². The number of methoxy groups -OCH3 is 1. The summed E-state index contributed by atoms with van der Waals surface area (Å²) in [4.78, 5) is 11.0. The highest BCUT2D eigenvalue weighted by Gasteiger charge is 2.32. The predicted octanol–water partition coefficient (Wildman–Crippen LogP) is 5.50. The van der Waals surface area contributed by atoms with Gasteiger partial charge < -0.3 is 19.3 Å². The molecule has 6 heteroatoms. The van der Waals surface area contributed by atoms with Gasteiger partial charge in [-0.25, -0.2) is 4.39 Å². The molecule has 0 bridgehead atoms. The summed E-state index contributed by atoms with van der Waals surface area (Å²) in [5, 5.41) is 9.03. The number of carboxylic acid groups (broad SMARTS) is 1. The van der Waals surface area contributed by atoms with Crippen molar-refractivity contribution in [3.05, 3.63) is 53.8 Å². The van der Waals surface area contributed by atoms with Gasteiger partial charge in [0.1, 0.15) is 11.5 Å². The van der Waals surface area contributed by atoms with Crippen LogP contribution in [0.25, 0.3) is 0 Å². The predicted molar refractivity (Wildman–Crippen MR) is 116 cm³/mol. The summed E-state index contributed by atoms with van der Waals surface area (Å²) in [6.45, 7) is 2.24. The fourth-order valence-corrected chi connectivity index (χ4v) is 3.20. The van der Waals surface area contributed by atoms with Crippen molar-refractivity contribution in [2.24, 2.45) is 11.8 Å². The van der Waals surface area contributed by atoms with E-state index in [0.717, 1.165) is 24.2 Å². The molecule has 5 nitrogen and oxygen atoms in total. The van der Waals surface area contributed by atoms with Crippen LogP contribution >= 0.6 is 0 Å². The number of hydrogen-bond acceptors (Lipinski definition) is 4. The zero-order chi connectivity index (χ0) is 22.2. The Morgan fingerprint density at radius 2 is 1.87 bits per heavy atom. The van der Waals surface area contributed by atoms with E-state index in [1.807, 2.05) is 24.3 Å². The summed E-state index contributed by atoms with van der Waals surface area (Å²) in [7, 11) is 1.53. The summed E-state index contributed by atoms with van der Waals surface area (Å²) in [5.74, 6) is 0.222. The molecule has 2 aromatic rings. The van der Waals surface area contributed by atoms with Gasteiger partial charge in [0.05, 0.1) is 25.7 Å². The standard InChI is InChI=1S/C22H25FO5.C3H6/c1-14(22(24)25)8-15-4-3-5-18(9-15)27-13-16-10-19(11-16)28-21-12-17(26-2)6-7-20(21)23;1-2-3-1/h3-7,9,12,14,16,19H,8,10-11,13H2,1-2H3,(H,24,25);1-3H2. The van der Waals surface area contributed by atoms with Crippen LogP contribution in [0.15, 0.2) is 42.5 Å². The quantitative estimate of drug-likeness (QED) is 0.569. The van der Waals surface area contributed by atoms with Gasteiger partial charge in [-0.3, -0.25) is 4.79 Å². The van der Waals surface area contributed by atoms with Crippen molar-refractivity contribution in [1.29, 1.82) is 0 Å². The molecule has 1 atom stereocenters. The van der Waals surface area contributed by atoms with Crippen molar-refractivity contribution < 1.29 is 28.5 Å². The second-order valence-corrected chi connectivity index (χ2v) is 8.34. The molecule has 2 aliphatic rings. The van der Waals surface area contributed by atoms with E-state index in [9.17, 15) is 9.18 Å². The average molecular weight is 431 g/mol. The lowest BCUT2D eigenvalue weighted by Crippen LogP contribution is -2.37.